The fourth-order valence-corrected chi connectivity index (χ4v) is 3.64. The molecule has 0 amide bonds. The van der Waals surface area contributed by atoms with Crippen molar-refractivity contribution < 1.29 is 17.9 Å². The minimum atomic E-state index is -3.28. The zero-order chi connectivity index (χ0) is 20.3. The van der Waals surface area contributed by atoms with Crippen molar-refractivity contribution in [3.05, 3.63) is 59.7 Å². The Hall–Kier alpha value is -2.71. The molecule has 0 radical (unpaired) electrons. The highest BCUT2D eigenvalue weighted by molar-refractivity contribution is 7.90. The molecule has 148 valence electrons. The van der Waals surface area contributed by atoms with Gasteiger partial charge in [0.05, 0.1) is 17.2 Å². The number of benzene rings is 2. The summed E-state index contributed by atoms with van der Waals surface area (Å²) in [6.07, 6.45) is 1.38. The zero-order valence-corrected chi connectivity index (χ0v) is 16.6. The summed E-state index contributed by atoms with van der Waals surface area (Å²) in [7, 11) is -3.28. The molecular weight excluding hydrogens is 378 g/mol. The van der Waals surface area contributed by atoms with Crippen LogP contribution in [0, 0.1) is 0 Å². The molecule has 2 aromatic rings. The van der Waals surface area contributed by atoms with Crippen molar-refractivity contribution in [1.29, 1.82) is 0 Å². The Morgan fingerprint density at radius 1 is 1.14 bits per heavy atom. The number of nitrogens with zero attached hydrogens (tertiary/aromatic N) is 2. The minimum absolute atomic E-state index is 0.242. The maximum absolute atomic E-state index is 11.7. The monoisotopic (exact) mass is 401 g/mol. The van der Waals surface area contributed by atoms with Crippen molar-refractivity contribution in [2.45, 2.75) is 37.1 Å². The molecule has 1 aliphatic heterocycles. The number of aldehydes is 1. The minimum Gasteiger partial charge on any atom is -0.399 e. The molecule has 2 atom stereocenters. The second-order valence-electron chi connectivity index (χ2n) is 6.68. The van der Waals surface area contributed by atoms with Crippen LogP contribution in [0.2, 0.25) is 0 Å². The van der Waals surface area contributed by atoms with Crippen LogP contribution in [0.15, 0.2) is 58.5 Å². The maximum Gasteiger partial charge on any atom is 0.202 e. The maximum atomic E-state index is 11.7. The number of nitrogens with two attached hydrogens (primary N) is 1. The standard InChI is InChI=1S/C20H23N3O4S/c1-3-18-20(15-6-10-17(11-7-15)28(2,25)26)22-23(19(13-24)27-18)12-14-4-8-16(21)9-5-14/h4-11,13,18-19H,3,12,21H2,1-2H3. The molecule has 2 N–H and O–H groups in total. The first-order valence-corrected chi connectivity index (χ1v) is 10.8. The summed E-state index contributed by atoms with van der Waals surface area (Å²) in [5, 5.41) is 6.27. The number of carbonyl (C=O) groups excluding carboxylic acids is 1. The van der Waals surface area contributed by atoms with E-state index in [1.54, 1.807) is 41.4 Å². The molecular formula is C20H23N3O4S. The van der Waals surface area contributed by atoms with Gasteiger partial charge in [-0.3, -0.25) is 9.80 Å². The van der Waals surface area contributed by atoms with Crippen LogP contribution in [0.1, 0.15) is 24.5 Å². The number of hydrogen-bond donors (Lipinski definition) is 1. The molecule has 28 heavy (non-hydrogen) atoms. The SMILES string of the molecule is CCC1OC(C=O)N(Cc2ccc(N)cc2)N=C1c1ccc(S(C)(=O)=O)cc1. The highest BCUT2D eigenvalue weighted by Crippen LogP contribution is 2.23. The lowest BCUT2D eigenvalue weighted by atomic mass is 10.0. The highest BCUT2D eigenvalue weighted by Gasteiger charge is 2.31. The van der Waals surface area contributed by atoms with Gasteiger partial charge in [-0.25, -0.2) is 8.42 Å². The van der Waals surface area contributed by atoms with Gasteiger partial charge < -0.3 is 10.5 Å². The van der Waals surface area contributed by atoms with Crippen LogP contribution < -0.4 is 5.73 Å². The van der Waals surface area contributed by atoms with Gasteiger partial charge in [0.25, 0.3) is 0 Å². The van der Waals surface area contributed by atoms with Gasteiger partial charge in [0.15, 0.2) is 16.1 Å². The van der Waals surface area contributed by atoms with Crippen molar-refractivity contribution in [3.8, 4) is 0 Å². The topological polar surface area (TPSA) is 102 Å². The van der Waals surface area contributed by atoms with Crippen LogP contribution >= 0.6 is 0 Å². The molecule has 0 aromatic heterocycles. The third-order valence-corrected chi connectivity index (χ3v) is 5.66. The van der Waals surface area contributed by atoms with Crippen LogP contribution in [0.3, 0.4) is 0 Å². The van der Waals surface area contributed by atoms with Gasteiger partial charge in [-0.1, -0.05) is 31.2 Å². The molecule has 7 nitrogen and oxygen atoms in total. The summed E-state index contributed by atoms with van der Waals surface area (Å²) in [5.74, 6) is 0. The van der Waals surface area contributed by atoms with Crippen LogP contribution in [-0.2, 0) is 25.9 Å². The number of sulfone groups is 1. The Morgan fingerprint density at radius 3 is 2.32 bits per heavy atom. The molecule has 0 aliphatic carbocycles. The van der Waals surface area contributed by atoms with E-state index in [1.807, 2.05) is 19.1 Å². The molecule has 0 saturated heterocycles. The average molecular weight is 401 g/mol. The average Bonchev–Trinajstić information content (AvgIpc) is 2.69. The Bertz CT molecular complexity index is 970. The Labute approximate surface area is 164 Å². The normalized spacial score (nSPS) is 19.9. The molecule has 0 fully saturated rings. The summed E-state index contributed by atoms with van der Waals surface area (Å²) in [6.45, 7) is 2.33. The van der Waals surface area contributed by atoms with Gasteiger partial charge >= 0.3 is 0 Å². The smallest absolute Gasteiger partial charge is 0.202 e. The van der Waals surface area contributed by atoms with E-state index in [2.05, 4.69) is 5.10 Å². The lowest BCUT2D eigenvalue weighted by molar-refractivity contribution is -0.139. The van der Waals surface area contributed by atoms with Gasteiger partial charge in [0.2, 0.25) is 6.23 Å². The van der Waals surface area contributed by atoms with E-state index in [1.165, 1.54) is 6.26 Å². The lowest BCUT2D eigenvalue weighted by Crippen LogP contribution is -2.45. The molecule has 2 unspecified atom stereocenters. The largest absolute Gasteiger partial charge is 0.399 e. The van der Waals surface area contributed by atoms with E-state index < -0.39 is 16.1 Å². The third-order valence-electron chi connectivity index (χ3n) is 4.53. The summed E-state index contributed by atoms with van der Waals surface area (Å²) in [6, 6.07) is 13.9. The second-order valence-corrected chi connectivity index (χ2v) is 8.70. The third kappa shape index (κ3) is 4.40. The van der Waals surface area contributed by atoms with Crippen molar-refractivity contribution in [3.63, 3.8) is 0 Å². The predicted octanol–water partition coefficient (Wildman–Crippen LogP) is 2.21. The molecule has 0 saturated carbocycles. The number of hydrogen-bond acceptors (Lipinski definition) is 7. The Morgan fingerprint density at radius 2 is 1.79 bits per heavy atom. The van der Waals surface area contributed by atoms with Gasteiger partial charge in [-0.15, -0.1) is 0 Å². The van der Waals surface area contributed by atoms with Crippen molar-refractivity contribution >= 4 is 27.5 Å². The molecule has 0 spiro atoms. The van der Waals surface area contributed by atoms with Gasteiger partial charge in [0, 0.05) is 17.5 Å². The van der Waals surface area contributed by atoms with Gasteiger partial charge in [0.1, 0.15) is 6.10 Å². The second kappa shape index (κ2) is 8.12. The molecule has 8 heteroatoms. The summed E-state index contributed by atoms with van der Waals surface area (Å²) < 4.78 is 29.3. The van der Waals surface area contributed by atoms with Crippen molar-refractivity contribution in [1.82, 2.24) is 5.01 Å². The first-order valence-electron chi connectivity index (χ1n) is 8.92. The highest BCUT2D eigenvalue weighted by atomic mass is 32.2. The van der Waals surface area contributed by atoms with E-state index >= 15 is 0 Å². The quantitative estimate of drug-likeness (QED) is 0.588. The van der Waals surface area contributed by atoms with Crippen molar-refractivity contribution in [2.75, 3.05) is 12.0 Å². The number of carbonyl (C=O) groups is 1. The Balaban J connectivity index is 1.95. The van der Waals surface area contributed by atoms with E-state index in [0.29, 0.717) is 24.4 Å². The molecule has 1 heterocycles. The van der Waals surface area contributed by atoms with Gasteiger partial charge in [-0.2, -0.15) is 5.10 Å². The fourth-order valence-electron chi connectivity index (χ4n) is 3.01. The van der Waals surface area contributed by atoms with Crippen LogP contribution in [0.4, 0.5) is 5.69 Å². The number of hydrazone groups is 1. The van der Waals surface area contributed by atoms with E-state index in [-0.39, 0.29) is 11.0 Å². The van der Waals surface area contributed by atoms with Crippen LogP contribution in [-0.4, -0.2) is 44.0 Å². The van der Waals surface area contributed by atoms with E-state index in [0.717, 1.165) is 17.4 Å². The number of rotatable bonds is 6. The fraction of sp³-hybridized carbons (Fsp3) is 0.300. The Kier molecular flexibility index (Phi) is 5.81. The lowest BCUT2D eigenvalue weighted by Gasteiger charge is -2.35. The first kappa shape index (κ1) is 20.0. The molecule has 3 rings (SSSR count). The molecule has 0 bridgehead atoms. The number of ether oxygens (including phenoxy) is 1. The van der Waals surface area contributed by atoms with Gasteiger partial charge in [-0.05, 0) is 36.2 Å². The summed E-state index contributed by atoms with van der Waals surface area (Å²) in [5.41, 5.74) is 8.74. The molecule has 1 aliphatic rings. The molecule has 2 aromatic carbocycles. The van der Waals surface area contributed by atoms with Crippen molar-refractivity contribution in [2.24, 2.45) is 5.10 Å². The van der Waals surface area contributed by atoms with E-state index in [4.69, 9.17) is 10.5 Å². The first-order chi connectivity index (χ1) is 13.3. The van der Waals surface area contributed by atoms with Crippen LogP contribution in [0.5, 0.6) is 0 Å². The van der Waals surface area contributed by atoms with Crippen LogP contribution in [0.25, 0.3) is 0 Å². The predicted molar refractivity (Wildman–Crippen MR) is 108 cm³/mol. The zero-order valence-electron chi connectivity index (χ0n) is 15.8. The number of anilines is 1. The summed E-state index contributed by atoms with van der Waals surface area (Å²) in [4.78, 5) is 11.8. The van der Waals surface area contributed by atoms with E-state index in [9.17, 15) is 13.2 Å². The number of nitrogen functional groups attached to an aromatic ring is 1. The summed E-state index contributed by atoms with van der Waals surface area (Å²) >= 11 is 0.